The van der Waals surface area contributed by atoms with Gasteiger partial charge in [0.2, 0.25) is 5.91 Å². The van der Waals surface area contributed by atoms with Gasteiger partial charge in [-0.05, 0) is 31.9 Å². The van der Waals surface area contributed by atoms with Gasteiger partial charge in [-0.15, -0.1) is 0 Å². The van der Waals surface area contributed by atoms with E-state index in [-0.39, 0.29) is 18.4 Å². The molecule has 0 spiro atoms. The van der Waals surface area contributed by atoms with Gasteiger partial charge >= 0.3 is 0 Å². The van der Waals surface area contributed by atoms with E-state index in [4.69, 9.17) is 9.05 Å². The number of nitrogens with zero attached hydrogens (tertiary/aromatic N) is 3. The van der Waals surface area contributed by atoms with E-state index < -0.39 is 0 Å². The summed E-state index contributed by atoms with van der Waals surface area (Å²) in [6, 6.07) is 9.50. The van der Waals surface area contributed by atoms with Crippen LogP contribution in [-0.2, 0) is 11.2 Å². The van der Waals surface area contributed by atoms with E-state index in [0.717, 1.165) is 36.2 Å². The maximum absolute atomic E-state index is 12.7. The van der Waals surface area contributed by atoms with E-state index >= 15 is 0 Å². The summed E-state index contributed by atoms with van der Waals surface area (Å²) in [4.78, 5) is 14.6. The van der Waals surface area contributed by atoms with E-state index in [1.54, 1.807) is 0 Å². The van der Waals surface area contributed by atoms with Crippen molar-refractivity contribution >= 4 is 16.9 Å². The molecular weight excluding hydrogens is 294 g/mol. The molecule has 0 aliphatic carbocycles. The molecule has 1 aliphatic rings. The Balaban J connectivity index is 1.56. The van der Waals surface area contributed by atoms with Crippen LogP contribution in [0.1, 0.15) is 36.0 Å². The van der Waals surface area contributed by atoms with Crippen LogP contribution in [0.4, 0.5) is 0 Å². The highest BCUT2D eigenvalue weighted by molar-refractivity contribution is 5.86. The molecule has 0 bridgehead atoms. The smallest absolute Gasteiger partial charge is 0.229 e. The highest BCUT2D eigenvalue weighted by Gasteiger charge is 2.32. The van der Waals surface area contributed by atoms with Crippen LogP contribution in [-0.4, -0.2) is 27.7 Å². The molecule has 23 heavy (non-hydrogen) atoms. The first-order chi connectivity index (χ1) is 11.2. The molecule has 1 aromatic carbocycles. The van der Waals surface area contributed by atoms with Gasteiger partial charge in [-0.3, -0.25) is 4.79 Å². The normalized spacial score (nSPS) is 18.0. The number of hydrogen-bond donors (Lipinski definition) is 0. The summed E-state index contributed by atoms with van der Waals surface area (Å²) in [6.07, 6.45) is 2.13. The molecule has 6 nitrogen and oxygen atoms in total. The lowest BCUT2D eigenvalue weighted by Gasteiger charge is -2.22. The summed E-state index contributed by atoms with van der Waals surface area (Å²) in [6.45, 7) is 2.60. The summed E-state index contributed by atoms with van der Waals surface area (Å²) in [7, 11) is 0. The van der Waals surface area contributed by atoms with Crippen molar-refractivity contribution in [3.8, 4) is 0 Å². The zero-order valence-corrected chi connectivity index (χ0v) is 12.9. The molecule has 1 amide bonds. The van der Waals surface area contributed by atoms with Crippen molar-refractivity contribution < 1.29 is 13.8 Å². The highest BCUT2D eigenvalue weighted by Crippen LogP contribution is 2.32. The maximum Gasteiger partial charge on any atom is 0.229 e. The fraction of sp³-hybridized carbons (Fsp3) is 0.353. The first kappa shape index (κ1) is 14.0. The number of benzene rings is 1. The number of carbonyl (C=O) groups is 1. The van der Waals surface area contributed by atoms with Crippen molar-refractivity contribution in [3.05, 3.63) is 47.5 Å². The largest absolute Gasteiger partial charge is 0.361 e. The number of rotatable bonds is 3. The van der Waals surface area contributed by atoms with E-state index in [2.05, 4.69) is 10.3 Å². The van der Waals surface area contributed by atoms with Crippen molar-refractivity contribution in [1.29, 1.82) is 0 Å². The lowest BCUT2D eigenvalue weighted by molar-refractivity contribution is -0.131. The number of aromatic nitrogens is 2. The zero-order chi connectivity index (χ0) is 15.8. The number of amides is 1. The minimum absolute atomic E-state index is 0.00175. The Labute approximate surface area is 133 Å². The third-order valence-corrected chi connectivity index (χ3v) is 4.33. The molecule has 1 fully saturated rings. The van der Waals surface area contributed by atoms with Crippen molar-refractivity contribution in [2.75, 3.05) is 6.54 Å². The molecular formula is C17H17N3O3. The van der Waals surface area contributed by atoms with Crippen molar-refractivity contribution in [2.45, 2.75) is 32.2 Å². The minimum atomic E-state index is -0.00175. The summed E-state index contributed by atoms with van der Waals surface area (Å²) < 4.78 is 10.4. The third kappa shape index (κ3) is 2.50. The summed E-state index contributed by atoms with van der Waals surface area (Å²) in [5, 5.41) is 9.02. The highest BCUT2D eigenvalue weighted by atomic mass is 16.5. The van der Waals surface area contributed by atoms with Crippen LogP contribution in [0.15, 0.2) is 39.4 Å². The monoisotopic (exact) mass is 311 g/mol. The van der Waals surface area contributed by atoms with Crippen LogP contribution in [0.5, 0.6) is 0 Å². The molecule has 1 aliphatic heterocycles. The number of hydrogen-bond acceptors (Lipinski definition) is 5. The third-order valence-electron chi connectivity index (χ3n) is 4.33. The summed E-state index contributed by atoms with van der Waals surface area (Å²) in [5.74, 6) is 0.814. The maximum atomic E-state index is 12.7. The molecule has 3 heterocycles. The molecule has 2 aromatic heterocycles. The second-order valence-electron chi connectivity index (χ2n) is 5.91. The Hall–Kier alpha value is -2.63. The van der Waals surface area contributed by atoms with Crippen LogP contribution in [0, 0.1) is 6.92 Å². The van der Waals surface area contributed by atoms with Gasteiger partial charge in [0.1, 0.15) is 17.1 Å². The second kappa shape index (κ2) is 5.53. The lowest BCUT2D eigenvalue weighted by Crippen LogP contribution is -2.32. The zero-order valence-electron chi connectivity index (χ0n) is 12.9. The van der Waals surface area contributed by atoms with Gasteiger partial charge in [0, 0.05) is 18.0 Å². The Kier molecular flexibility index (Phi) is 3.37. The van der Waals surface area contributed by atoms with Crippen molar-refractivity contribution in [1.82, 2.24) is 15.2 Å². The van der Waals surface area contributed by atoms with E-state index in [0.29, 0.717) is 11.3 Å². The number of fused-ring (bicyclic) bond motifs is 1. The first-order valence-electron chi connectivity index (χ1n) is 7.78. The molecule has 0 saturated carbocycles. The molecule has 0 radical (unpaired) electrons. The topological polar surface area (TPSA) is 72.4 Å². The quantitative estimate of drug-likeness (QED) is 0.743. The number of aryl methyl sites for hydroxylation is 1. The number of carbonyl (C=O) groups excluding carboxylic acids is 1. The van der Waals surface area contributed by atoms with Gasteiger partial charge < -0.3 is 13.9 Å². The fourth-order valence-corrected chi connectivity index (χ4v) is 3.23. The standard InChI is InChI=1S/C17H17N3O3/c1-11-9-14(19-22-11)15-6-4-8-20(15)17(21)10-13-12-5-2-3-7-16(12)23-18-13/h2-3,5,7,9,15H,4,6,8,10H2,1H3/t15-/m1/s1. The van der Waals surface area contributed by atoms with Crippen LogP contribution in [0.3, 0.4) is 0 Å². The predicted octanol–water partition coefficient (Wildman–Crippen LogP) is 3.03. The van der Waals surface area contributed by atoms with E-state index in [1.807, 2.05) is 42.2 Å². The second-order valence-corrected chi connectivity index (χ2v) is 5.91. The molecule has 0 N–H and O–H groups in total. The Morgan fingerprint density at radius 2 is 2.17 bits per heavy atom. The number of likely N-dealkylation sites (tertiary alicyclic amines) is 1. The molecule has 0 unspecified atom stereocenters. The average molecular weight is 311 g/mol. The van der Waals surface area contributed by atoms with Crippen LogP contribution in [0.25, 0.3) is 11.0 Å². The van der Waals surface area contributed by atoms with Crippen LogP contribution in [0.2, 0.25) is 0 Å². The molecule has 1 saturated heterocycles. The average Bonchev–Trinajstić information content (AvgIpc) is 3.26. The Morgan fingerprint density at radius 1 is 1.30 bits per heavy atom. The molecule has 1 atom stereocenters. The van der Waals surface area contributed by atoms with E-state index in [9.17, 15) is 4.79 Å². The van der Waals surface area contributed by atoms with Crippen LogP contribution < -0.4 is 0 Å². The van der Waals surface area contributed by atoms with Gasteiger partial charge in [-0.2, -0.15) is 0 Å². The molecule has 6 heteroatoms. The van der Waals surface area contributed by atoms with Gasteiger partial charge in [0.15, 0.2) is 5.58 Å². The Bertz CT molecular complexity index is 852. The van der Waals surface area contributed by atoms with Gasteiger partial charge in [0.25, 0.3) is 0 Å². The molecule has 3 aromatic rings. The van der Waals surface area contributed by atoms with E-state index in [1.165, 1.54) is 0 Å². The SMILES string of the molecule is Cc1cc([C@H]2CCCN2C(=O)Cc2noc3ccccc23)no1. The predicted molar refractivity (Wildman–Crippen MR) is 82.6 cm³/mol. The molecule has 118 valence electrons. The fourth-order valence-electron chi connectivity index (χ4n) is 3.23. The summed E-state index contributed by atoms with van der Waals surface area (Å²) in [5.41, 5.74) is 2.23. The Morgan fingerprint density at radius 3 is 3.00 bits per heavy atom. The lowest BCUT2D eigenvalue weighted by atomic mass is 10.1. The van der Waals surface area contributed by atoms with Crippen molar-refractivity contribution in [3.63, 3.8) is 0 Å². The van der Waals surface area contributed by atoms with Gasteiger partial charge in [0.05, 0.1) is 12.5 Å². The van der Waals surface area contributed by atoms with Gasteiger partial charge in [-0.1, -0.05) is 22.4 Å². The van der Waals surface area contributed by atoms with Crippen molar-refractivity contribution in [2.24, 2.45) is 0 Å². The van der Waals surface area contributed by atoms with Crippen LogP contribution >= 0.6 is 0 Å². The minimum Gasteiger partial charge on any atom is -0.361 e. The summed E-state index contributed by atoms with van der Waals surface area (Å²) >= 11 is 0. The number of para-hydroxylation sites is 1. The molecule has 4 rings (SSSR count). The van der Waals surface area contributed by atoms with Gasteiger partial charge in [-0.25, -0.2) is 0 Å². The first-order valence-corrected chi connectivity index (χ1v) is 7.78.